The zero-order valence-corrected chi connectivity index (χ0v) is 12.2. The lowest BCUT2D eigenvalue weighted by Gasteiger charge is -2.14. The fourth-order valence-corrected chi connectivity index (χ4v) is 2.21. The summed E-state index contributed by atoms with van der Waals surface area (Å²) < 4.78 is 1.68. The van der Waals surface area contributed by atoms with Gasteiger partial charge >= 0.3 is 6.03 Å². The third-order valence-corrected chi connectivity index (χ3v) is 3.91. The Morgan fingerprint density at radius 2 is 2.18 bits per heavy atom. The predicted molar refractivity (Wildman–Crippen MR) is 81.3 cm³/mol. The topological polar surface area (TPSA) is 92.1 Å². The van der Waals surface area contributed by atoms with Crippen molar-refractivity contribution in [3.63, 3.8) is 0 Å². The van der Waals surface area contributed by atoms with Crippen molar-refractivity contribution in [2.24, 2.45) is 5.41 Å². The van der Waals surface area contributed by atoms with Crippen LogP contribution in [-0.2, 0) is 6.54 Å². The molecule has 1 fully saturated rings. The average Bonchev–Trinajstić information content (AvgIpc) is 3.22. The maximum absolute atomic E-state index is 11.9. The van der Waals surface area contributed by atoms with Crippen LogP contribution >= 0.6 is 0 Å². The van der Waals surface area contributed by atoms with E-state index in [9.17, 15) is 9.90 Å². The summed E-state index contributed by atoms with van der Waals surface area (Å²) in [5.74, 6) is 0.608. The second-order valence-corrected chi connectivity index (χ2v) is 5.66. The van der Waals surface area contributed by atoms with Crippen LogP contribution in [0.3, 0.4) is 0 Å². The molecule has 3 N–H and O–H groups in total. The Morgan fingerprint density at radius 1 is 1.32 bits per heavy atom. The molecule has 1 aliphatic rings. The first kappa shape index (κ1) is 14.5. The van der Waals surface area contributed by atoms with Gasteiger partial charge in [-0.25, -0.2) is 9.48 Å². The van der Waals surface area contributed by atoms with Gasteiger partial charge < -0.3 is 10.4 Å². The molecule has 0 spiro atoms. The van der Waals surface area contributed by atoms with Crippen LogP contribution in [0.15, 0.2) is 36.7 Å². The molecule has 0 unspecified atom stereocenters. The number of nitrogens with zero attached hydrogens (tertiary/aromatic N) is 3. The molecule has 0 aromatic carbocycles. The summed E-state index contributed by atoms with van der Waals surface area (Å²) in [6.07, 6.45) is 5.28. The highest BCUT2D eigenvalue weighted by Crippen LogP contribution is 2.44. The number of urea groups is 1. The summed E-state index contributed by atoms with van der Waals surface area (Å²) in [6.45, 7) is 1.10. The highest BCUT2D eigenvalue weighted by molar-refractivity contribution is 5.88. The lowest BCUT2D eigenvalue weighted by Crippen LogP contribution is -2.35. The van der Waals surface area contributed by atoms with Gasteiger partial charge in [-0.3, -0.25) is 10.3 Å². The SMILES string of the molecule is O=C(NCC1(CO)CC1)Nc1ccnn1Cc1ccccn1. The lowest BCUT2D eigenvalue weighted by molar-refractivity contribution is 0.206. The molecule has 0 bridgehead atoms. The molecule has 0 aliphatic heterocycles. The van der Waals surface area contributed by atoms with Gasteiger partial charge in [-0.1, -0.05) is 6.07 Å². The summed E-state index contributed by atoms with van der Waals surface area (Å²) in [7, 11) is 0. The van der Waals surface area contributed by atoms with E-state index in [-0.39, 0.29) is 18.1 Å². The van der Waals surface area contributed by atoms with Crippen molar-refractivity contribution >= 4 is 11.8 Å². The quantitative estimate of drug-likeness (QED) is 0.748. The molecular formula is C15H19N5O2. The first-order chi connectivity index (χ1) is 10.7. The number of aliphatic hydroxyl groups excluding tert-OH is 1. The average molecular weight is 301 g/mol. The van der Waals surface area contributed by atoms with Crippen LogP contribution in [0, 0.1) is 5.41 Å². The Bertz CT molecular complexity index is 636. The van der Waals surface area contributed by atoms with Crippen molar-refractivity contribution in [3.05, 3.63) is 42.4 Å². The lowest BCUT2D eigenvalue weighted by atomic mass is 10.1. The van der Waals surface area contributed by atoms with Gasteiger partial charge in [0.2, 0.25) is 0 Å². The molecule has 3 rings (SSSR count). The number of anilines is 1. The summed E-state index contributed by atoms with van der Waals surface area (Å²) in [6, 6.07) is 7.12. The van der Waals surface area contributed by atoms with Gasteiger partial charge in [0.1, 0.15) is 5.82 Å². The number of aliphatic hydroxyl groups is 1. The molecule has 7 heteroatoms. The Hall–Kier alpha value is -2.41. The van der Waals surface area contributed by atoms with E-state index < -0.39 is 0 Å². The van der Waals surface area contributed by atoms with E-state index in [0.717, 1.165) is 18.5 Å². The maximum Gasteiger partial charge on any atom is 0.320 e. The smallest absolute Gasteiger partial charge is 0.320 e. The van der Waals surface area contributed by atoms with Crippen LogP contribution in [0.25, 0.3) is 0 Å². The Morgan fingerprint density at radius 3 is 2.86 bits per heavy atom. The van der Waals surface area contributed by atoms with Crippen LogP contribution in [0.1, 0.15) is 18.5 Å². The van der Waals surface area contributed by atoms with Crippen molar-refractivity contribution in [2.45, 2.75) is 19.4 Å². The summed E-state index contributed by atoms with van der Waals surface area (Å²) in [4.78, 5) is 16.2. The molecule has 0 radical (unpaired) electrons. The third-order valence-electron chi connectivity index (χ3n) is 3.91. The molecule has 7 nitrogen and oxygen atoms in total. The number of amides is 2. The Kier molecular flexibility index (Phi) is 4.06. The van der Waals surface area contributed by atoms with Gasteiger partial charge in [-0.2, -0.15) is 5.10 Å². The number of hydrogen-bond donors (Lipinski definition) is 3. The van der Waals surface area contributed by atoms with Gasteiger partial charge in [0.25, 0.3) is 0 Å². The van der Waals surface area contributed by atoms with E-state index in [1.807, 2.05) is 18.2 Å². The molecule has 1 saturated carbocycles. The highest BCUT2D eigenvalue weighted by Gasteiger charge is 2.42. The minimum atomic E-state index is -0.289. The molecule has 2 aromatic rings. The first-order valence-corrected chi connectivity index (χ1v) is 7.28. The first-order valence-electron chi connectivity index (χ1n) is 7.28. The number of carbonyl (C=O) groups excluding carboxylic acids is 1. The number of aromatic nitrogens is 3. The van der Waals surface area contributed by atoms with Crippen molar-refractivity contribution in [3.8, 4) is 0 Å². The van der Waals surface area contributed by atoms with Crippen LogP contribution in [0.4, 0.5) is 10.6 Å². The van der Waals surface area contributed by atoms with Gasteiger partial charge in [0.05, 0.1) is 25.0 Å². The minimum absolute atomic E-state index is 0.106. The van der Waals surface area contributed by atoms with Crippen molar-refractivity contribution < 1.29 is 9.90 Å². The van der Waals surface area contributed by atoms with Crippen LogP contribution in [-0.4, -0.2) is 39.1 Å². The standard InChI is InChI=1S/C15H19N5O2/c21-11-15(5-6-15)10-17-14(22)19-13-4-8-18-20(13)9-12-3-1-2-7-16-12/h1-4,7-8,21H,5-6,9-11H2,(H2,17,19,22). The van der Waals surface area contributed by atoms with Crippen molar-refractivity contribution in [2.75, 3.05) is 18.5 Å². The third kappa shape index (κ3) is 3.43. The molecule has 116 valence electrons. The van der Waals surface area contributed by atoms with E-state index in [4.69, 9.17) is 0 Å². The Balaban J connectivity index is 1.56. The molecule has 22 heavy (non-hydrogen) atoms. The molecule has 0 saturated heterocycles. The number of nitrogens with one attached hydrogen (secondary N) is 2. The van der Waals surface area contributed by atoms with E-state index in [0.29, 0.717) is 18.9 Å². The number of rotatable bonds is 6. The second kappa shape index (κ2) is 6.15. The van der Waals surface area contributed by atoms with Gasteiger partial charge in [-0.05, 0) is 25.0 Å². The number of carbonyl (C=O) groups is 1. The summed E-state index contributed by atoms with van der Waals surface area (Å²) in [5.41, 5.74) is 0.762. The summed E-state index contributed by atoms with van der Waals surface area (Å²) >= 11 is 0. The van der Waals surface area contributed by atoms with E-state index in [2.05, 4.69) is 20.7 Å². The van der Waals surface area contributed by atoms with Crippen LogP contribution in [0.5, 0.6) is 0 Å². The normalized spacial score (nSPS) is 15.3. The fourth-order valence-electron chi connectivity index (χ4n) is 2.21. The van der Waals surface area contributed by atoms with Gasteiger partial charge in [0, 0.05) is 24.2 Å². The molecule has 2 aromatic heterocycles. The second-order valence-electron chi connectivity index (χ2n) is 5.66. The van der Waals surface area contributed by atoms with E-state index >= 15 is 0 Å². The van der Waals surface area contributed by atoms with Crippen molar-refractivity contribution in [1.82, 2.24) is 20.1 Å². The number of pyridine rings is 1. The number of hydrogen-bond acceptors (Lipinski definition) is 4. The Labute approximate surface area is 128 Å². The predicted octanol–water partition coefficient (Wildman–Crippen LogP) is 1.22. The maximum atomic E-state index is 11.9. The molecule has 2 amide bonds. The zero-order valence-electron chi connectivity index (χ0n) is 12.2. The molecule has 1 aliphatic carbocycles. The fraction of sp³-hybridized carbons (Fsp3) is 0.400. The highest BCUT2D eigenvalue weighted by atomic mass is 16.3. The molecule has 0 atom stereocenters. The monoisotopic (exact) mass is 301 g/mol. The van der Waals surface area contributed by atoms with Gasteiger partial charge in [-0.15, -0.1) is 0 Å². The van der Waals surface area contributed by atoms with E-state index in [1.54, 1.807) is 23.1 Å². The van der Waals surface area contributed by atoms with E-state index in [1.165, 1.54) is 0 Å². The molecular weight excluding hydrogens is 282 g/mol. The largest absolute Gasteiger partial charge is 0.396 e. The molecule has 2 heterocycles. The zero-order chi connectivity index (χ0) is 15.4. The van der Waals surface area contributed by atoms with Crippen LogP contribution < -0.4 is 10.6 Å². The minimum Gasteiger partial charge on any atom is -0.396 e. The van der Waals surface area contributed by atoms with Crippen molar-refractivity contribution in [1.29, 1.82) is 0 Å². The van der Waals surface area contributed by atoms with Gasteiger partial charge in [0.15, 0.2) is 0 Å². The summed E-state index contributed by atoms with van der Waals surface area (Å²) in [5, 5.41) is 19.0. The van der Waals surface area contributed by atoms with Crippen LogP contribution in [0.2, 0.25) is 0 Å².